The fourth-order valence-electron chi connectivity index (χ4n) is 1.94. The number of halogens is 1. The average molecular weight is 300 g/mol. The van der Waals surface area contributed by atoms with Crippen LogP contribution in [0.5, 0.6) is 0 Å². The van der Waals surface area contributed by atoms with Crippen molar-refractivity contribution >= 4 is 34.6 Å². The van der Waals surface area contributed by atoms with Gasteiger partial charge in [0, 0.05) is 23.8 Å². The molecule has 0 saturated carbocycles. The van der Waals surface area contributed by atoms with Crippen molar-refractivity contribution in [1.82, 2.24) is 10.2 Å². The van der Waals surface area contributed by atoms with Crippen molar-refractivity contribution in [2.24, 2.45) is 5.41 Å². The Hall–Kier alpha value is -0.840. The number of rotatable bonds is 5. The molecule has 2 N–H and O–H groups in total. The number of nitrogens with one attached hydrogen (secondary N) is 2. The van der Waals surface area contributed by atoms with Crippen LogP contribution in [-0.2, 0) is 0 Å². The van der Waals surface area contributed by atoms with E-state index in [-0.39, 0.29) is 5.41 Å². The summed E-state index contributed by atoms with van der Waals surface area (Å²) in [5.41, 5.74) is 1.10. The maximum Gasteiger partial charge on any atom is 0.170 e. The van der Waals surface area contributed by atoms with Gasteiger partial charge < -0.3 is 15.5 Å². The second-order valence-corrected chi connectivity index (χ2v) is 6.56. The van der Waals surface area contributed by atoms with Gasteiger partial charge in [-0.2, -0.15) is 0 Å². The lowest BCUT2D eigenvalue weighted by molar-refractivity contribution is 0.242. The molecule has 0 radical (unpaired) electrons. The molecule has 19 heavy (non-hydrogen) atoms. The molecule has 0 fully saturated rings. The van der Waals surface area contributed by atoms with E-state index in [1.807, 2.05) is 24.3 Å². The van der Waals surface area contributed by atoms with Gasteiger partial charge in [-0.15, -0.1) is 0 Å². The van der Waals surface area contributed by atoms with Gasteiger partial charge in [0.15, 0.2) is 5.11 Å². The van der Waals surface area contributed by atoms with Crippen LogP contribution in [-0.4, -0.2) is 37.2 Å². The summed E-state index contributed by atoms with van der Waals surface area (Å²) in [6, 6.07) is 7.48. The summed E-state index contributed by atoms with van der Waals surface area (Å²) in [6.45, 7) is 6.25. The van der Waals surface area contributed by atoms with Crippen LogP contribution < -0.4 is 10.6 Å². The Morgan fingerprint density at radius 2 is 1.84 bits per heavy atom. The van der Waals surface area contributed by atoms with Gasteiger partial charge in [0.25, 0.3) is 0 Å². The lowest BCUT2D eigenvalue weighted by Gasteiger charge is -2.29. The van der Waals surface area contributed by atoms with E-state index in [2.05, 4.69) is 43.5 Å². The Morgan fingerprint density at radius 1 is 1.26 bits per heavy atom. The maximum absolute atomic E-state index is 5.84. The molecule has 3 nitrogen and oxygen atoms in total. The Labute approximate surface area is 126 Å². The van der Waals surface area contributed by atoms with Gasteiger partial charge >= 0.3 is 0 Å². The molecule has 0 aliphatic heterocycles. The standard InChI is InChI=1S/C14H22ClN3S/c1-14(2,10-18(3)4)9-16-13(19)17-12-7-5-11(15)6-8-12/h5-8H,9-10H2,1-4H3,(H2,16,17,19). The van der Waals surface area contributed by atoms with Gasteiger partial charge in [0.1, 0.15) is 0 Å². The maximum atomic E-state index is 5.84. The number of anilines is 1. The van der Waals surface area contributed by atoms with Crippen LogP contribution >= 0.6 is 23.8 Å². The Bertz CT molecular complexity index is 415. The summed E-state index contributed by atoms with van der Waals surface area (Å²) in [6.07, 6.45) is 0. The van der Waals surface area contributed by atoms with E-state index in [0.717, 1.165) is 23.8 Å². The average Bonchev–Trinajstić information content (AvgIpc) is 2.28. The van der Waals surface area contributed by atoms with Crippen LogP contribution in [0.3, 0.4) is 0 Å². The lowest BCUT2D eigenvalue weighted by Crippen LogP contribution is -2.41. The molecule has 0 aliphatic rings. The van der Waals surface area contributed by atoms with Gasteiger partial charge in [-0.1, -0.05) is 25.4 Å². The molecule has 1 aromatic carbocycles. The first-order valence-corrected chi connectivity index (χ1v) is 7.02. The van der Waals surface area contributed by atoms with Gasteiger partial charge in [0.2, 0.25) is 0 Å². The molecule has 0 amide bonds. The van der Waals surface area contributed by atoms with Crippen molar-refractivity contribution < 1.29 is 0 Å². The minimum atomic E-state index is 0.162. The zero-order valence-corrected chi connectivity index (χ0v) is 13.5. The largest absolute Gasteiger partial charge is 0.362 e. The fraction of sp³-hybridized carbons (Fsp3) is 0.500. The lowest BCUT2D eigenvalue weighted by atomic mass is 9.93. The summed E-state index contributed by atoms with van der Waals surface area (Å²) in [5.74, 6) is 0. The van der Waals surface area contributed by atoms with E-state index in [9.17, 15) is 0 Å². The van der Waals surface area contributed by atoms with E-state index in [0.29, 0.717) is 5.11 Å². The molecular weight excluding hydrogens is 278 g/mol. The summed E-state index contributed by atoms with van der Waals surface area (Å²) in [7, 11) is 4.15. The van der Waals surface area contributed by atoms with Crippen LogP contribution in [0.2, 0.25) is 5.02 Å². The SMILES string of the molecule is CN(C)CC(C)(C)CNC(=S)Nc1ccc(Cl)cc1. The summed E-state index contributed by atoms with van der Waals surface area (Å²) in [5, 5.41) is 7.75. The van der Waals surface area contributed by atoms with Crippen LogP contribution in [0.4, 0.5) is 5.69 Å². The number of benzene rings is 1. The predicted molar refractivity (Wildman–Crippen MR) is 88.0 cm³/mol. The first-order chi connectivity index (χ1) is 8.78. The van der Waals surface area contributed by atoms with Gasteiger partial charge in [-0.05, 0) is 56.0 Å². The van der Waals surface area contributed by atoms with Gasteiger partial charge in [0.05, 0.1) is 0 Å². The minimum absolute atomic E-state index is 0.162. The molecule has 0 saturated heterocycles. The molecule has 0 aromatic heterocycles. The van der Waals surface area contributed by atoms with Crippen molar-refractivity contribution in [1.29, 1.82) is 0 Å². The zero-order chi connectivity index (χ0) is 14.5. The van der Waals surface area contributed by atoms with Gasteiger partial charge in [-0.3, -0.25) is 0 Å². The highest BCUT2D eigenvalue weighted by atomic mass is 35.5. The highest BCUT2D eigenvalue weighted by Gasteiger charge is 2.18. The molecule has 0 spiro atoms. The van der Waals surface area contributed by atoms with Crippen molar-refractivity contribution in [2.75, 3.05) is 32.5 Å². The molecule has 0 unspecified atom stereocenters. The number of hydrogen-bond acceptors (Lipinski definition) is 2. The Kier molecular flexibility index (Phi) is 6.04. The van der Waals surface area contributed by atoms with Crippen molar-refractivity contribution in [3.8, 4) is 0 Å². The Balaban J connectivity index is 2.41. The molecular formula is C14H22ClN3S. The molecule has 0 aliphatic carbocycles. The summed E-state index contributed by atoms with van der Waals surface area (Å²) in [4.78, 5) is 2.18. The van der Waals surface area contributed by atoms with Crippen LogP contribution in [0.1, 0.15) is 13.8 Å². The van der Waals surface area contributed by atoms with E-state index >= 15 is 0 Å². The highest BCUT2D eigenvalue weighted by Crippen LogP contribution is 2.15. The number of hydrogen-bond donors (Lipinski definition) is 2. The van der Waals surface area contributed by atoms with Crippen LogP contribution in [0.15, 0.2) is 24.3 Å². The van der Waals surface area contributed by atoms with Crippen LogP contribution in [0.25, 0.3) is 0 Å². The monoisotopic (exact) mass is 299 g/mol. The number of nitrogens with zero attached hydrogens (tertiary/aromatic N) is 1. The molecule has 1 rings (SSSR count). The highest BCUT2D eigenvalue weighted by molar-refractivity contribution is 7.80. The third kappa shape index (κ3) is 6.76. The molecule has 106 valence electrons. The normalized spacial score (nSPS) is 11.5. The van der Waals surface area contributed by atoms with Crippen LogP contribution in [0, 0.1) is 5.41 Å². The second kappa shape index (κ2) is 7.08. The second-order valence-electron chi connectivity index (χ2n) is 5.72. The number of thiocarbonyl (C=S) groups is 1. The fourth-order valence-corrected chi connectivity index (χ4v) is 2.26. The van der Waals surface area contributed by atoms with Gasteiger partial charge in [-0.25, -0.2) is 0 Å². The smallest absolute Gasteiger partial charge is 0.170 e. The molecule has 0 heterocycles. The molecule has 0 atom stereocenters. The predicted octanol–water partition coefficient (Wildman–Crippen LogP) is 3.21. The summed E-state index contributed by atoms with van der Waals surface area (Å²) < 4.78 is 0. The van der Waals surface area contributed by atoms with E-state index in [4.69, 9.17) is 23.8 Å². The molecule has 1 aromatic rings. The van der Waals surface area contributed by atoms with E-state index < -0.39 is 0 Å². The third-order valence-electron chi connectivity index (χ3n) is 2.57. The molecule has 5 heteroatoms. The minimum Gasteiger partial charge on any atom is -0.362 e. The topological polar surface area (TPSA) is 27.3 Å². The van der Waals surface area contributed by atoms with Crippen molar-refractivity contribution in [3.63, 3.8) is 0 Å². The third-order valence-corrected chi connectivity index (χ3v) is 3.07. The summed E-state index contributed by atoms with van der Waals surface area (Å²) >= 11 is 11.1. The molecule has 0 bridgehead atoms. The first-order valence-electron chi connectivity index (χ1n) is 6.24. The first kappa shape index (κ1) is 16.2. The zero-order valence-electron chi connectivity index (χ0n) is 12.0. The van der Waals surface area contributed by atoms with E-state index in [1.165, 1.54) is 0 Å². The van der Waals surface area contributed by atoms with Crippen molar-refractivity contribution in [2.45, 2.75) is 13.8 Å². The Morgan fingerprint density at radius 3 is 2.37 bits per heavy atom. The van der Waals surface area contributed by atoms with E-state index in [1.54, 1.807) is 0 Å². The quantitative estimate of drug-likeness (QED) is 0.817. The van der Waals surface area contributed by atoms with Crippen molar-refractivity contribution in [3.05, 3.63) is 29.3 Å².